The van der Waals surface area contributed by atoms with E-state index < -0.39 is 0 Å². The standard InChI is InChI=1S/C16H23NO2S/c1-11(15(10-18)20-2)17-16(19)14-9-5-7-12-6-3-4-8-13(12)14/h3-4,6,8,11,14-15,18H,5,7,9-10H2,1-2H3,(H,17,19). The zero-order chi connectivity index (χ0) is 14.5. The molecule has 2 N–H and O–H groups in total. The highest BCUT2D eigenvalue weighted by Gasteiger charge is 2.28. The van der Waals surface area contributed by atoms with Crippen molar-refractivity contribution in [3.05, 3.63) is 35.4 Å². The number of carbonyl (C=O) groups excluding carboxylic acids is 1. The molecule has 0 spiro atoms. The van der Waals surface area contributed by atoms with E-state index in [0.29, 0.717) is 0 Å². The fourth-order valence-corrected chi connectivity index (χ4v) is 3.51. The van der Waals surface area contributed by atoms with Crippen LogP contribution in [0.1, 0.15) is 36.8 Å². The van der Waals surface area contributed by atoms with Gasteiger partial charge in [0.15, 0.2) is 0 Å². The van der Waals surface area contributed by atoms with Gasteiger partial charge in [-0.15, -0.1) is 0 Å². The van der Waals surface area contributed by atoms with Crippen LogP contribution in [0.4, 0.5) is 0 Å². The predicted octanol–water partition coefficient (Wildman–Crippen LogP) is 2.34. The summed E-state index contributed by atoms with van der Waals surface area (Å²) >= 11 is 1.59. The van der Waals surface area contributed by atoms with Crippen LogP contribution < -0.4 is 5.32 Å². The van der Waals surface area contributed by atoms with Crippen LogP contribution in [0, 0.1) is 0 Å². The first-order valence-electron chi connectivity index (χ1n) is 7.19. The van der Waals surface area contributed by atoms with Crippen molar-refractivity contribution in [2.24, 2.45) is 0 Å². The minimum absolute atomic E-state index is 0.0170. The molecule has 0 saturated heterocycles. The van der Waals surface area contributed by atoms with E-state index in [1.807, 2.05) is 25.3 Å². The number of thioether (sulfide) groups is 1. The first-order valence-corrected chi connectivity index (χ1v) is 8.48. The van der Waals surface area contributed by atoms with Gasteiger partial charge in [-0.2, -0.15) is 11.8 Å². The first-order chi connectivity index (χ1) is 9.67. The number of aliphatic hydroxyl groups is 1. The van der Waals surface area contributed by atoms with Crippen molar-refractivity contribution in [3.63, 3.8) is 0 Å². The Balaban J connectivity index is 2.07. The molecule has 0 radical (unpaired) electrons. The Labute approximate surface area is 125 Å². The number of amides is 1. The van der Waals surface area contributed by atoms with Crippen LogP contribution in [-0.4, -0.2) is 35.2 Å². The summed E-state index contributed by atoms with van der Waals surface area (Å²) in [6.45, 7) is 2.05. The maximum absolute atomic E-state index is 12.5. The molecule has 2 rings (SSSR count). The van der Waals surface area contributed by atoms with Crippen molar-refractivity contribution in [2.75, 3.05) is 12.9 Å². The first kappa shape index (κ1) is 15.4. The summed E-state index contributed by atoms with van der Waals surface area (Å²) in [6.07, 6.45) is 5.01. The lowest BCUT2D eigenvalue weighted by atomic mass is 9.82. The fraction of sp³-hybridized carbons (Fsp3) is 0.562. The smallest absolute Gasteiger partial charge is 0.227 e. The van der Waals surface area contributed by atoms with Gasteiger partial charge in [0, 0.05) is 11.3 Å². The molecule has 1 aliphatic rings. The molecule has 3 unspecified atom stereocenters. The molecule has 3 atom stereocenters. The Kier molecular flexibility index (Phi) is 5.49. The Morgan fingerprint density at radius 2 is 2.25 bits per heavy atom. The van der Waals surface area contributed by atoms with Gasteiger partial charge in [0.2, 0.25) is 5.91 Å². The number of hydrogen-bond donors (Lipinski definition) is 2. The third kappa shape index (κ3) is 3.36. The van der Waals surface area contributed by atoms with E-state index in [1.165, 1.54) is 11.1 Å². The molecule has 110 valence electrons. The quantitative estimate of drug-likeness (QED) is 0.876. The Morgan fingerprint density at radius 3 is 2.95 bits per heavy atom. The zero-order valence-electron chi connectivity index (χ0n) is 12.1. The maximum atomic E-state index is 12.5. The molecule has 1 aromatic rings. The van der Waals surface area contributed by atoms with Gasteiger partial charge < -0.3 is 10.4 Å². The third-order valence-electron chi connectivity index (χ3n) is 4.10. The van der Waals surface area contributed by atoms with E-state index in [9.17, 15) is 9.90 Å². The average Bonchev–Trinajstić information content (AvgIpc) is 2.47. The summed E-state index contributed by atoms with van der Waals surface area (Å²) in [7, 11) is 0. The molecule has 4 heteroatoms. The van der Waals surface area contributed by atoms with Gasteiger partial charge in [-0.3, -0.25) is 4.79 Å². The summed E-state index contributed by atoms with van der Waals surface area (Å²) in [4.78, 5) is 12.5. The Hall–Kier alpha value is -1.00. The Bertz CT molecular complexity index is 460. The average molecular weight is 293 g/mol. The molecule has 20 heavy (non-hydrogen) atoms. The number of aliphatic hydroxyl groups excluding tert-OH is 1. The van der Waals surface area contributed by atoms with Crippen molar-refractivity contribution in [3.8, 4) is 0 Å². The van der Waals surface area contributed by atoms with Crippen molar-refractivity contribution >= 4 is 17.7 Å². The number of aryl methyl sites for hydroxylation is 1. The van der Waals surface area contributed by atoms with Crippen LogP contribution in [0.15, 0.2) is 24.3 Å². The molecule has 3 nitrogen and oxygen atoms in total. The predicted molar refractivity (Wildman–Crippen MR) is 84.1 cm³/mol. The molecule has 0 aromatic heterocycles. The molecule has 0 fully saturated rings. The highest BCUT2D eigenvalue weighted by atomic mass is 32.2. The summed E-state index contributed by atoms with van der Waals surface area (Å²) in [5.41, 5.74) is 2.48. The number of fused-ring (bicyclic) bond motifs is 1. The highest BCUT2D eigenvalue weighted by molar-refractivity contribution is 7.99. The van der Waals surface area contributed by atoms with Gasteiger partial charge in [0.05, 0.1) is 12.5 Å². The summed E-state index contributed by atoms with van der Waals surface area (Å²) in [5, 5.41) is 12.4. The lowest BCUT2D eigenvalue weighted by Gasteiger charge is -2.28. The van der Waals surface area contributed by atoms with Crippen LogP contribution in [-0.2, 0) is 11.2 Å². The van der Waals surface area contributed by atoms with Crippen LogP contribution in [0.3, 0.4) is 0 Å². The molecule has 1 amide bonds. The number of rotatable bonds is 5. The van der Waals surface area contributed by atoms with Gasteiger partial charge in [-0.05, 0) is 43.6 Å². The second-order valence-electron chi connectivity index (χ2n) is 5.40. The summed E-state index contributed by atoms with van der Waals surface area (Å²) in [5.74, 6) is 0.0562. The highest BCUT2D eigenvalue weighted by Crippen LogP contribution is 2.31. The van der Waals surface area contributed by atoms with E-state index in [2.05, 4.69) is 17.4 Å². The third-order valence-corrected chi connectivity index (χ3v) is 5.26. The van der Waals surface area contributed by atoms with Gasteiger partial charge in [-0.25, -0.2) is 0 Å². The van der Waals surface area contributed by atoms with Crippen molar-refractivity contribution in [1.82, 2.24) is 5.32 Å². The topological polar surface area (TPSA) is 49.3 Å². The molecule has 0 aliphatic heterocycles. The maximum Gasteiger partial charge on any atom is 0.227 e. The summed E-state index contributed by atoms with van der Waals surface area (Å²) < 4.78 is 0. The van der Waals surface area contributed by atoms with E-state index in [0.717, 1.165) is 19.3 Å². The Morgan fingerprint density at radius 1 is 1.50 bits per heavy atom. The van der Waals surface area contributed by atoms with Gasteiger partial charge in [-0.1, -0.05) is 24.3 Å². The van der Waals surface area contributed by atoms with E-state index in [-0.39, 0.29) is 29.7 Å². The normalized spacial score (nSPS) is 20.9. The van der Waals surface area contributed by atoms with Gasteiger partial charge in [0.25, 0.3) is 0 Å². The van der Waals surface area contributed by atoms with Crippen molar-refractivity contribution in [2.45, 2.75) is 43.4 Å². The molecular formula is C16H23NO2S. The van der Waals surface area contributed by atoms with Crippen LogP contribution in [0.2, 0.25) is 0 Å². The van der Waals surface area contributed by atoms with Crippen LogP contribution in [0.5, 0.6) is 0 Å². The van der Waals surface area contributed by atoms with Crippen LogP contribution in [0.25, 0.3) is 0 Å². The van der Waals surface area contributed by atoms with E-state index in [1.54, 1.807) is 11.8 Å². The number of carbonyl (C=O) groups is 1. The number of nitrogens with one attached hydrogen (secondary N) is 1. The fourth-order valence-electron chi connectivity index (χ4n) is 2.88. The lowest BCUT2D eigenvalue weighted by molar-refractivity contribution is -0.123. The van der Waals surface area contributed by atoms with Crippen molar-refractivity contribution in [1.29, 1.82) is 0 Å². The monoisotopic (exact) mass is 293 g/mol. The van der Waals surface area contributed by atoms with Crippen LogP contribution >= 0.6 is 11.8 Å². The number of benzene rings is 1. The second kappa shape index (κ2) is 7.14. The van der Waals surface area contributed by atoms with Gasteiger partial charge in [0.1, 0.15) is 0 Å². The molecule has 0 heterocycles. The minimum Gasteiger partial charge on any atom is -0.395 e. The molecule has 0 saturated carbocycles. The SMILES string of the molecule is CSC(CO)C(C)NC(=O)C1CCCc2ccccc21. The molecule has 0 bridgehead atoms. The van der Waals surface area contributed by atoms with E-state index in [4.69, 9.17) is 0 Å². The largest absolute Gasteiger partial charge is 0.395 e. The molecular weight excluding hydrogens is 270 g/mol. The van der Waals surface area contributed by atoms with E-state index >= 15 is 0 Å². The molecule has 1 aromatic carbocycles. The molecule has 1 aliphatic carbocycles. The lowest BCUT2D eigenvalue weighted by Crippen LogP contribution is -2.43. The minimum atomic E-state index is -0.0383. The van der Waals surface area contributed by atoms with Crippen molar-refractivity contribution < 1.29 is 9.90 Å². The second-order valence-corrected chi connectivity index (χ2v) is 6.47. The van der Waals surface area contributed by atoms with Gasteiger partial charge >= 0.3 is 0 Å². The number of hydrogen-bond acceptors (Lipinski definition) is 3. The zero-order valence-corrected chi connectivity index (χ0v) is 13.0. The summed E-state index contributed by atoms with van der Waals surface area (Å²) in [6, 6.07) is 8.22.